The van der Waals surface area contributed by atoms with Crippen LogP contribution in [0.1, 0.15) is 36.5 Å². The Balaban J connectivity index is 2.21. The molecule has 0 bridgehead atoms. The molecule has 3 heteroatoms. The van der Waals surface area contributed by atoms with E-state index in [1.54, 1.807) is 0 Å². The summed E-state index contributed by atoms with van der Waals surface area (Å²) in [5.41, 5.74) is 1.18. The quantitative estimate of drug-likeness (QED) is 0.764. The normalized spacial score (nSPS) is 19.0. The van der Waals surface area contributed by atoms with Crippen molar-refractivity contribution in [2.24, 2.45) is 5.92 Å². The zero-order valence-corrected chi connectivity index (χ0v) is 10.9. The smallest absolute Gasteiger partial charge is 0.0607 e. The fraction of sp³-hybridized carbons (Fsp3) is 0.500. The van der Waals surface area contributed by atoms with Gasteiger partial charge in [0.05, 0.1) is 0 Å². The summed E-state index contributed by atoms with van der Waals surface area (Å²) in [5.74, 6) is 0.585. The van der Waals surface area contributed by atoms with Crippen LogP contribution in [0.15, 0.2) is 28.7 Å². The van der Waals surface area contributed by atoms with Gasteiger partial charge in [-0.05, 0) is 25.0 Å². The Bertz CT molecular complexity index is 347. The van der Waals surface area contributed by atoms with Crippen LogP contribution in [0.25, 0.3) is 0 Å². The molecule has 2 rings (SSSR count). The van der Waals surface area contributed by atoms with E-state index in [2.05, 4.69) is 28.1 Å². The first-order chi connectivity index (χ1) is 7.31. The minimum absolute atomic E-state index is 0.144. The van der Waals surface area contributed by atoms with Crippen LogP contribution in [0.5, 0.6) is 0 Å². The van der Waals surface area contributed by atoms with Crippen LogP contribution in [-0.4, -0.2) is 0 Å². The minimum atomic E-state index is 0.144. The monoisotopic (exact) mass is 285 g/mol. The van der Waals surface area contributed by atoms with Gasteiger partial charge in [0.2, 0.25) is 0 Å². The Morgan fingerprint density at radius 1 is 1.33 bits per heavy atom. The summed E-state index contributed by atoms with van der Waals surface area (Å²) in [6.07, 6.45) is 5.00. The summed E-state index contributed by atoms with van der Waals surface area (Å²) in [5, 5.41) is 0.144. The Labute approximate surface area is 103 Å². The van der Waals surface area contributed by atoms with E-state index in [1.807, 2.05) is 12.1 Å². The number of halogens is 1. The van der Waals surface area contributed by atoms with Crippen molar-refractivity contribution < 1.29 is 4.21 Å². The average molecular weight is 286 g/mol. The molecule has 0 N–H and O–H groups in total. The van der Waals surface area contributed by atoms with Gasteiger partial charge in [-0.2, -0.15) is 0 Å². The second kappa shape index (κ2) is 5.17. The maximum Gasteiger partial charge on any atom is 0.467 e. The Morgan fingerprint density at radius 3 is 2.67 bits per heavy atom. The summed E-state index contributed by atoms with van der Waals surface area (Å²) < 4.78 is 12.3. The number of benzene rings is 1. The molecule has 1 atom stereocenters. The number of rotatable bonds is 3. The Morgan fingerprint density at radius 2 is 2.07 bits per heavy atom. The van der Waals surface area contributed by atoms with Crippen molar-refractivity contribution in [3.63, 3.8) is 0 Å². The third-order valence-corrected chi connectivity index (χ3v) is 4.47. The van der Waals surface area contributed by atoms with Gasteiger partial charge in [0.1, 0.15) is 0 Å². The van der Waals surface area contributed by atoms with Crippen LogP contribution in [0, 0.1) is 5.92 Å². The fourth-order valence-electron chi connectivity index (χ4n) is 2.35. The first-order valence-corrected chi connectivity index (χ1v) is 6.95. The van der Waals surface area contributed by atoms with Gasteiger partial charge in [0, 0.05) is 20.2 Å². The van der Waals surface area contributed by atoms with Crippen molar-refractivity contribution in [2.45, 2.75) is 30.9 Å². The highest BCUT2D eigenvalue weighted by Gasteiger charge is 2.36. The highest BCUT2D eigenvalue weighted by Crippen LogP contribution is 2.37. The maximum atomic E-state index is 11.2. The lowest BCUT2D eigenvalue weighted by molar-refractivity contribution is 0.515. The number of hydrogen-bond donors (Lipinski definition) is 0. The molecule has 80 valence electrons. The molecular formula is C12H14BrOS+. The van der Waals surface area contributed by atoms with Gasteiger partial charge in [0.15, 0.2) is 0 Å². The molecule has 1 aromatic carbocycles. The summed E-state index contributed by atoms with van der Waals surface area (Å²) in [6.45, 7) is 0. The van der Waals surface area contributed by atoms with Crippen molar-refractivity contribution in [3.8, 4) is 0 Å². The second-order valence-corrected chi connectivity index (χ2v) is 5.73. The molecule has 0 spiro atoms. The lowest BCUT2D eigenvalue weighted by Gasteiger charge is -2.08. The summed E-state index contributed by atoms with van der Waals surface area (Å²) in [6, 6.07) is 8.16. The van der Waals surface area contributed by atoms with Gasteiger partial charge in [0.25, 0.3) is 5.25 Å². The standard InChI is InChI=1S/C12H14BrOS/c13-11-7-3-6-10(8-11)12(15-14)9-4-1-2-5-9/h3,6-9,12H,1-2,4-5H2/q+1. The molecule has 0 aliphatic heterocycles. The van der Waals surface area contributed by atoms with Crippen molar-refractivity contribution in [1.29, 1.82) is 0 Å². The van der Waals surface area contributed by atoms with Gasteiger partial charge in [-0.25, -0.2) is 0 Å². The van der Waals surface area contributed by atoms with Crippen LogP contribution in [0.2, 0.25) is 0 Å². The minimum Gasteiger partial charge on any atom is -0.0607 e. The van der Waals surface area contributed by atoms with E-state index in [0.717, 1.165) is 16.1 Å². The second-order valence-electron chi connectivity index (χ2n) is 4.12. The third-order valence-electron chi connectivity index (χ3n) is 3.11. The molecule has 1 aliphatic rings. The molecule has 1 unspecified atom stereocenters. The molecule has 1 saturated carbocycles. The van der Waals surface area contributed by atoms with Crippen LogP contribution in [-0.2, 0) is 15.9 Å². The molecule has 1 aliphatic carbocycles. The van der Waals surface area contributed by atoms with E-state index in [9.17, 15) is 4.21 Å². The lowest BCUT2D eigenvalue weighted by Crippen LogP contribution is -2.08. The Hall–Kier alpha value is -0.280. The predicted molar refractivity (Wildman–Crippen MR) is 66.9 cm³/mol. The highest BCUT2D eigenvalue weighted by atomic mass is 79.9. The third kappa shape index (κ3) is 2.64. The summed E-state index contributed by atoms with van der Waals surface area (Å²) >= 11 is 4.22. The van der Waals surface area contributed by atoms with E-state index in [0.29, 0.717) is 5.92 Å². The molecule has 1 fully saturated rings. The zero-order chi connectivity index (χ0) is 10.7. The van der Waals surface area contributed by atoms with Crippen LogP contribution in [0.3, 0.4) is 0 Å². The van der Waals surface area contributed by atoms with E-state index in [-0.39, 0.29) is 5.25 Å². The largest absolute Gasteiger partial charge is 0.467 e. The number of hydrogen-bond acceptors (Lipinski definition) is 1. The van der Waals surface area contributed by atoms with E-state index in [1.165, 1.54) is 31.2 Å². The van der Waals surface area contributed by atoms with Crippen molar-refractivity contribution in [1.82, 2.24) is 0 Å². The SMILES string of the molecule is O=[S+]C(c1cccc(Br)c1)C1CCCC1. The van der Waals surface area contributed by atoms with E-state index in [4.69, 9.17) is 0 Å². The molecule has 1 aromatic rings. The predicted octanol–water partition coefficient (Wildman–Crippen LogP) is 4.11. The summed E-state index contributed by atoms with van der Waals surface area (Å²) in [4.78, 5) is 0. The van der Waals surface area contributed by atoms with Gasteiger partial charge in [-0.3, -0.25) is 0 Å². The average Bonchev–Trinajstić information content (AvgIpc) is 2.72. The van der Waals surface area contributed by atoms with Crippen LogP contribution >= 0.6 is 15.9 Å². The molecule has 15 heavy (non-hydrogen) atoms. The van der Waals surface area contributed by atoms with Crippen molar-refractivity contribution in [3.05, 3.63) is 34.3 Å². The highest BCUT2D eigenvalue weighted by molar-refractivity contribution is 9.10. The zero-order valence-electron chi connectivity index (χ0n) is 8.49. The first kappa shape index (κ1) is 11.2. The molecule has 0 heterocycles. The first-order valence-electron chi connectivity index (χ1n) is 5.35. The Kier molecular flexibility index (Phi) is 3.87. The molecule has 0 amide bonds. The molecular weight excluding hydrogens is 272 g/mol. The van der Waals surface area contributed by atoms with E-state index < -0.39 is 0 Å². The van der Waals surface area contributed by atoms with Crippen LogP contribution < -0.4 is 0 Å². The molecule has 0 saturated heterocycles. The maximum absolute atomic E-state index is 11.2. The van der Waals surface area contributed by atoms with Gasteiger partial charge < -0.3 is 0 Å². The van der Waals surface area contributed by atoms with Gasteiger partial charge >= 0.3 is 11.7 Å². The van der Waals surface area contributed by atoms with Crippen molar-refractivity contribution in [2.75, 3.05) is 0 Å². The topological polar surface area (TPSA) is 17.1 Å². The summed E-state index contributed by atoms with van der Waals surface area (Å²) in [7, 11) is 0. The lowest BCUT2D eigenvalue weighted by atomic mass is 9.97. The van der Waals surface area contributed by atoms with Gasteiger partial charge in [-0.1, -0.05) is 40.9 Å². The van der Waals surface area contributed by atoms with Gasteiger partial charge in [-0.15, -0.1) is 0 Å². The fourth-order valence-corrected chi connectivity index (χ4v) is 3.45. The van der Waals surface area contributed by atoms with Crippen molar-refractivity contribution >= 4 is 27.6 Å². The van der Waals surface area contributed by atoms with Crippen LogP contribution in [0.4, 0.5) is 0 Å². The van der Waals surface area contributed by atoms with E-state index >= 15 is 0 Å². The molecule has 0 radical (unpaired) electrons. The molecule has 0 aromatic heterocycles. The molecule has 1 nitrogen and oxygen atoms in total.